The maximum absolute atomic E-state index is 11.2. The van der Waals surface area contributed by atoms with Gasteiger partial charge < -0.3 is 15.8 Å². The molecular weight excluding hydrogens is 192 g/mol. The maximum atomic E-state index is 11.2. The van der Waals surface area contributed by atoms with E-state index in [2.05, 4.69) is 4.98 Å². The molecule has 1 aromatic rings. The van der Waals surface area contributed by atoms with Crippen LogP contribution in [0.2, 0.25) is 5.02 Å². The van der Waals surface area contributed by atoms with Crippen LogP contribution in [-0.4, -0.2) is 16.2 Å². The number of aromatic amines is 1. The van der Waals surface area contributed by atoms with E-state index in [0.717, 1.165) is 0 Å². The van der Waals surface area contributed by atoms with E-state index in [-0.39, 0.29) is 5.56 Å². The number of aliphatic hydroxyl groups excluding tert-OH is 1. The number of hydrogen-bond acceptors (Lipinski definition) is 3. The number of hydrogen-bond donors (Lipinski definition) is 3. The van der Waals surface area contributed by atoms with E-state index in [1.807, 2.05) is 0 Å². The fourth-order valence-corrected chi connectivity index (χ4v) is 1.15. The summed E-state index contributed by atoms with van der Waals surface area (Å²) in [6.45, 7) is 1.52. The molecule has 0 aromatic carbocycles. The normalized spacial score (nSPS) is 15.4. The van der Waals surface area contributed by atoms with Gasteiger partial charge in [0, 0.05) is 11.8 Å². The summed E-state index contributed by atoms with van der Waals surface area (Å²) in [5.74, 6) is 0. The molecule has 0 bridgehead atoms. The van der Waals surface area contributed by atoms with Gasteiger partial charge in [0.2, 0.25) is 0 Å². The molecule has 4 nitrogen and oxygen atoms in total. The zero-order chi connectivity index (χ0) is 10.0. The van der Waals surface area contributed by atoms with Crippen molar-refractivity contribution in [1.29, 1.82) is 0 Å². The molecule has 2 unspecified atom stereocenters. The summed E-state index contributed by atoms with van der Waals surface area (Å²) in [4.78, 5) is 13.6. The highest BCUT2D eigenvalue weighted by atomic mass is 35.5. The SMILES string of the molecule is CC(O)C(N)c1cc(Cl)c[nH]c1=O. The van der Waals surface area contributed by atoms with Crippen LogP contribution in [-0.2, 0) is 0 Å². The van der Waals surface area contributed by atoms with Gasteiger partial charge in [0.15, 0.2) is 0 Å². The van der Waals surface area contributed by atoms with Crippen LogP contribution in [0.4, 0.5) is 0 Å². The molecule has 13 heavy (non-hydrogen) atoms. The Morgan fingerprint density at radius 3 is 2.85 bits per heavy atom. The monoisotopic (exact) mass is 202 g/mol. The second-order valence-electron chi connectivity index (χ2n) is 2.87. The second kappa shape index (κ2) is 3.91. The summed E-state index contributed by atoms with van der Waals surface area (Å²) in [5, 5.41) is 9.56. The molecular formula is C8H11ClN2O2. The lowest BCUT2D eigenvalue weighted by Gasteiger charge is -2.13. The van der Waals surface area contributed by atoms with Crippen molar-refractivity contribution in [3.05, 3.63) is 33.2 Å². The fourth-order valence-electron chi connectivity index (χ4n) is 0.981. The van der Waals surface area contributed by atoms with E-state index in [1.54, 1.807) is 0 Å². The molecule has 0 saturated carbocycles. The van der Waals surface area contributed by atoms with Crippen molar-refractivity contribution < 1.29 is 5.11 Å². The Morgan fingerprint density at radius 1 is 1.69 bits per heavy atom. The van der Waals surface area contributed by atoms with Gasteiger partial charge in [0.25, 0.3) is 5.56 Å². The molecule has 0 aliphatic rings. The third-order valence-electron chi connectivity index (χ3n) is 1.78. The summed E-state index contributed by atoms with van der Waals surface area (Å²) >= 11 is 5.66. The van der Waals surface area contributed by atoms with E-state index in [0.29, 0.717) is 10.6 Å². The summed E-state index contributed by atoms with van der Waals surface area (Å²) in [6, 6.07) is 0.750. The Bertz CT molecular complexity index is 348. The van der Waals surface area contributed by atoms with E-state index >= 15 is 0 Å². The number of H-pyrrole nitrogens is 1. The van der Waals surface area contributed by atoms with Crippen molar-refractivity contribution >= 4 is 11.6 Å². The third kappa shape index (κ3) is 2.30. The minimum atomic E-state index is -0.778. The van der Waals surface area contributed by atoms with Gasteiger partial charge >= 0.3 is 0 Å². The number of rotatable bonds is 2. The van der Waals surface area contributed by atoms with E-state index in [9.17, 15) is 4.79 Å². The molecule has 0 spiro atoms. The Balaban J connectivity index is 3.13. The van der Waals surface area contributed by atoms with Gasteiger partial charge in [-0.3, -0.25) is 4.79 Å². The van der Waals surface area contributed by atoms with Gasteiger partial charge in [0.1, 0.15) is 0 Å². The van der Waals surface area contributed by atoms with E-state index in [4.69, 9.17) is 22.4 Å². The average Bonchev–Trinajstić information content (AvgIpc) is 2.08. The Kier molecular flexibility index (Phi) is 3.08. The number of pyridine rings is 1. The Morgan fingerprint density at radius 2 is 2.31 bits per heavy atom. The van der Waals surface area contributed by atoms with Crippen molar-refractivity contribution in [3.63, 3.8) is 0 Å². The van der Waals surface area contributed by atoms with Crippen LogP contribution in [0.1, 0.15) is 18.5 Å². The van der Waals surface area contributed by atoms with Gasteiger partial charge in [-0.25, -0.2) is 0 Å². The van der Waals surface area contributed by atoms with Gasteiger partial charge in [-0.1, -0.05) is 11.6 Å². The highest BCUT2D eigenvalue weighted by Crippen LogP contribution is 2.13. The first-order valence-corrected chi connectivity index (χ1v) is 4.22. The van der Waals surface area contributed by atoms with Crippen LogP contribution in [0.3, 0.4) is 0 Å². The van der Waals surface area contributed by atoms with E-state index < -0.39 is 12.1 Å². The molecule has 1 heterocycles. The highest BCUT2D eigenvalue weighted by Gasteiger charge is 2.15. The number of nitrogens with two attached hydrogens (primary N) is 1. The number of halogens is 1. The summed E-state index contributed by atoms with van der Waals surface area (Å²) < 4.78 is 0. The molecule has 0 fully saturated rings. The smallest absolute Gasteiger partial charge is 0.252 e. The van der Waals surface area contributed by atoms with Crippen LogP contribution in [0.25, 0.3) is 0 Å². The molecule has 5 heteroatoms. The minimum Gasteiger partial charge on any atom is -0.391 e. The Hall–Kier alpha value is -0.840. The molecule has 1 rings (SSSR count). The van der Waals surface area contributed by atoms with Crippen LogP contribution in [0, 0.1) is 0 Å². The maximum Gasteiger partial charge on any atom is 0.252 e. The minimum absolute atomic E-state index is 0.294. The molecule has 0 radical (unpaired) electrons. The van der Waals surface area contributed by atoms with Crippen LogP contribution >= 0.6 is 11.6 Å². The highest BCUT2D eigenvalue weighted by molar-refractivity contribution is 6.30. The summed E-state index contributed by atoms with van der Waals surface area (Å²) in [7, 11) is 0. The molecule has 0 saturated heterocycles. The molecule has 4 N–H and O–H groups in total. The zero-order valence-corrected chi connectivity index (χ0v) is 7.88. The van der Waals surface area contributed by atoms with Crippen LogP contribution < -0.4 is 11.3 Å². The fraction of sp³-hybridized carbons (Fsp3) is 0.375. The number of aliphatic hydroxyl groups is 1. The molecule has 1 aromatic heterocycles. The standard InChI is InChI=1S/C8H11ClN2O2/c1-4(12)7(10)6-2-5(9)3-11-8(6)13/h2-4,7,12H,10H2,1H3,(H,11,13). The lowest BCUT2D eigenvalue weighted by molar-refractivity contribution is 0.163. The van der Waals surface area contributed by atoms with Crippen molar-refractivity contribution in [3.8, 4) is 0 Å². The summed E-state index contributed by atoms with van der Waals surface area (Å²) in [6.07, 6.45) is 0.599. The van der Waals surface area contributed by atoms with Gasteiger partial charge in [-0.05, 0) is 13.0 Å². The first-order valence-electron chi connectivity index (χ1n) is 3.84. The topological polar surface area (TPSA) is 79.1 Å². The lowest BCUT2D eigenvalue weighted by atomic mass is 10.1. The molecule has 2 atom stereocenters. The largest absolute Gasteiger partial charge is 0.391 e. The predicted octanol–water partition coefficient (Wildman–Crippen LogP) is 0.409. The zero-order valence-electron chi connectivity index (χ0n) is 7.12. The summed E-state index contributed by atoms with van der Waals surface area (Å²) in [5.41, 5.74) is 5.55. The van der Waals surface area contributed by atoms with Crippen molar-refractivity contribution in [1.82, 2.24) is 4.98 Å². The lowest BCUT2D eigenvalue weighted by Crippen LogP contribution is -2.29. The molecule has 72 valence electrons. The van der Waals surface area contributed by atoms with E-state index in [1.165, 1.54) is 19.2 Å². The first-order chi connectivity index (χ1) is 6.02. The van der Waals surface area contributed by atoms with Crippen LogP contribution in [0.5, 0.6) is 0 Å². The molecule has 0 amide bonds. The molecule has 0 aliphatic heterocycles. The van der Waals surface area contributed by atoms with Gasteiger partial charge in [-0.15, -0.1) is 0 Å². The average molecular weight is 203 g/mol. The van der Waals surface area contributed by atoms with Crippen molar-refractivity contribution in [2.45, 2.75) is 19.1 Å². The van der Waals surface area contributed by atoms with Gasteiger partial charge in [0.05, 0.1) is 17.2 Å². The number of nitrogens with one attached hydrogen (secondary N) is 1. The third-order valence-corrected chi connectivity index (χ3v) is 1.99. The predicted molar refractivity (Wildman–Crippen MR) is 50.7 cm³/mol. The second-order valence-corrected chi connectivity index (χ2v) is 3.31. The number of aromatic nitrogens is 1. The molecule has 0 aliphatic carbocycles. The van der Waals surface area contributed by atoms with Gasteiger partial charge in [-0.2, -0.15) is 0 Å². The van der Waals surface area contributed by atoms with Crippen molar-refractivity contribution in [2.75, 3.05) is 0 Å². The quantitative estimate of drug-likeness (QED) is 0.650. The van der Waals surface area contributed by atoms with Crippen molar-refractivity contribution in [2.24, 2.45) is 5.73 Å². The first kappa shape index (κ1) is 10.2. The Labute approximate surface area is 80.3 Å². The van der Waals surface area contributed by atoms with Crippen LogP contribution in [0.15, 0.2) is 17.1 Å².